The molecule has 2 rings (SSSR count). The van der Waals surface area contributed by atoms with E-state index in [9.17, 15) is 0 Å². The Bertz CT molecular complexity index is 419. The molecule has 112 valence electrons. The van der Waals surface area contributed by atoms with Crippen molar-refractivity contribution < 1.29 is 4.74 Å². The van der Waals surface area contributed by atoms with Gasteiger partial charge in [-0.1, -0.05) is 12.1 Å². The first-order valence-electron chi connectivity index (χ1n) is 7.74. The normalized spacial score (nSPS) is 24.1. The van der Waals surface area contributed by atoms with Crippen molar-refractivity contribution in [1.82, 2.24) is 10.2 Å². The standard InChI is InChI=1S/C17H28N2O/c1-13(2)20-17-7-5-6-15(11-17)12-18-16-8-9-19(4)14(3)10-16/h5-7,11,13-14,16,18H,8-10,12H2,1-4H3. The molecule has 0 saturated carbocycles. The lowest BCUT2D eigenvalue weighted by Crippen LogP contribution is -2.45. The summed E-state index contributed by atoms with van der Waals surface area (Å²) >= 11 is 0. The van der Waals surface area contributed by atoms with Gasteiger partial charge < -0.3 is 15.0 Å². The van der Waals surface area contributed by atoms with Crippen molar-refractivity contribution in [2.45, 2.75) is 58.3 Å². The lowest BCUT2D eigenvalue weighted by atomic mass is 9.99. The van der Waals surface area contributed by atoms with E-state index in [0.29, 0.717) is 12.1 Å². The van der Waals surface area contributed by atoms with Crippen molar-refractivity contribution in [2.75, 3.05) is 13.6 Å². The van der Waals surface area contributed by atoms with E-state index >= 15 is 0 Å². The van der Waals surface area contributed by atoms with Gasteiger partial charge in [0.25, 0.3) is 0 Å². The Kier molecular flexibility index (Phi) is 5.44. The quantitative estimate of drug-likeness (QED) is 0.894. The molecule has 0 radical (unpaired) electrons. The summed E-state index contributed by atoms with van der Waals surface area (Å²) in [4.78, 5) is 2.44. The summed E-state index contributed by atoms with van der Waals surface area (Å²) in [5, 5.41) is 3.69. The van der Waals surface area contributed by atoms with Gasteiger partial charge in [-0.25, -0.2) is 0 Å². The number of ether oxygens (including phenoxy) is 1. The van der Waals surface area contributed by atoms with E-state index in [0.717, 1.165) is 12.3 Å². The van der Waals surface area contributed by atoms with Crippen LogP contribution in [0.15, 0.2) is 24.3 Å². The highest BCUT2D eigenvalue weighted by atomic mass is 16.5. The molecule has 0 aliphatic carbocycles. The number of nitrogens with zero attached hydrogens (tertiary/aromatic N) is 1. The van der Waals surface area contributed by atoms with Crippen LogP contribution in [-0.4, -0.2) is 36.7 Å². The lowest BCUT2D eigenvalue weighted by Gasteiger charge is -2.35. The maximum Gasteiger partial charge on any atom is 0.120 e. The van der Waals surface area contributed by atoms with Crippen molar-refractivity contribution in [2.24, 2.45) is 0 Å². The van der Waals surface area contributed by atoms with Crippen LogP contribution >= 0.6 is 0 Å². The fourth-order valence-electron chi connectivity index (χ4n) is 2.74. The maximum absolute atomic E-state index is 5.74. The molecule has 2 atom stereocenters. The fraction of sp³-hybridized carbons (Fsp3) is 0.647. The highest BCUT2D eigenvalue weighted by molar-refractivity contribution is 5.28. The highest BCUT2D eigenvalue weighted by Gasteiger charge is 2.22. The van der Waals surface area contributed by atoms with Gasteiger partial charge in [-0.3, -0.25) is 0 Å². The molecule has 1 heterocycles. The molecule has 1 aromatic carbocycles. The van der Waals surface area contributed by atoms with Gasteiger partial charge in [0.2, 0.25) is 0 Å². The first-order chi connectivity index (χ1) is 9.54. The van der Waals surface area contributed by atoms with Gasteiger partial charge in [0, 0.05) is 18.6 Å². The van der Waals surface area contributed by atoms with Crippen molar-refractivity contribution in [3.63, 3.8) is 0 Å². The van der Waals surface area contributed by atoms with Gasteiger partial charge in [-0.15, -0.1) is 0 Å². The number of hydrogen-bond acceptors (Lipinski definition) is 3. The molecular weight excluding hydrogens is 248 g/mol. The monoisotopic (exact) mass is 276 g/mol. The van der Waals surface area contributed by atoms with Crippen molar-refractivity contribution >= 4 is 0 Å². The second-order valence-corrected chi connectivity index (χ2v) is 6.25. The summed E-state index contributed by atoms with van der Waals surface area (Å²) in [6, 6.07) is 9.73. The van der Waals surface area contributed by atoms with Gasteiger partial charge in [0.05, 0.1) is 6.10 Å². The summed E-state index contributed by atoms with van der Waals surface area (Å²) in [5.41, 5.74) is 1.30. The molecule has 20 heavy (non-hydrogen) atoms. The summed E-state index contributed by atoms with van der Waals surface area (Å²) in [7, 11) is 2.22. The Morgan fingerprint density at radius 2 is 2.20 bits per heavy atom. The average molecular weight is 276 g/mol. The maximum atomic E-state index is 5.74. The van der Waals surface area contributed by atoms with Crippen LogP contribution in [0.3, 0.4) is 0 Å². The Morgan fingerprint density at radius 1 is 1.40 bits per heavy atom. The molecule has 0 aromatic heterocycles. The zero-order chi connectivity index (χ0) is 14.5. The second kappa shape index (κ2) is 7.09. The Hall–Kier alpha value is -1.06. The molecule has 2 unspecified atom stereocenters. The van der Waals surface area contributed by atoms with E-state index in [1.54, 1.807) is 0 Å². The number of likely N-dealkylation sites (tertiary alicyclic amines) is 1. The molecule has 1 aliphatic rings. The third-order valence-corrected chi connectivity index (χ3v) is 4.07. The van der Waals surface area contributed by atoms with Gasteiger partial charge in [0.15, 0.2) is 0 Å². The largest absolute Gasteiger partial charge is 0.491 e. The summed E-state index contributed by atoms with van der Waals surface area (Å²) in [5.74, 6) is 0.969. The Labute approximate surface area is 123 Å². The molecule has 3 nitrogen and oxygen atoms in total. The van der Waals surface area contributed by atoms with Crippen LogP contribution in [0.4, 0.5) is 0 Å². The van der Waals surface area contributed by atoms with Crippen molar-refractivity contribution in [1.29, 1.82) is 0 Å². The van der Waals surface area contributed by atoms with E-state index in [4.69, 9.17) is 4.74 Å². The van der Waals surface area contributed by atoms with Crippen molar-refractivity contribution in [3.8, 4) is 5.75 Å². The molecule has 1 saturated heterocycles. The van der Waals surface area contributed by atoms with Crippen LogP contribution in [0.1, 0.15) is 39.2 Å². The second-order valence-electron chi connectivity index (χ2n) is 6.25. The van der Waals surface area contributed by atoms with E-state index in [2.05, 4.69) is 56.2 Å². The van der Waals surface area contributed by atoms with Crippen LogP contribution in [0.25, 0.3) is 0 Å². The van der Waals surface area contributed by atoms with Crippen LogP contribution in [0.2, 0.25) is 0 Å². The minimum absolute atomic E-state index is 0.230. The summed E-state index contributed by atoms with van der Waals surface area (Å²) in [6.45, 7) is 8.55. The van der Waals surface area contributed by atoms with Crippen molar-refractivity contribution in [3.05, 3.63) is 29.8 Å². The van der Waals surface area contributed by atoms with Crippen LogP contribution in [-0.2, 0) is 6.54 Å². The van der Waals surface area contributed by atoms with Crippen LogP contribution in [0.5, 0.6) is 5.75 Å². The number of nitrogens with one attached hydrogen (secondary N) is 1. The van der Waals surface area contributed by atoms with E-state index in [-0.39, 0.29) is 6.10 Å². The van der Waals surface area contributed by atoms with Gasteiger partial charge in [-0.2, -0.15) is 0 Å². The molecule has 0 amide bonds. The van der Waals surface area contributed by atoms with E-state index in [1.807, 2.05) is 6.07 Å². The lowest BCUT2D eigenvalue weighted by molar-refractivity contribution is 0.168. The molecule has 1 N–H and O–H groups in total. The van der Waals surface area contributed by atoms with E-state index < -0.39 is 0 Å². The third kappa shape index (κ3) is 4.50. The number of benzene rings is 1. The summed E-state index contributed by atoms with van der Waals surface area (Å²) in [6.07, 6.45) is 2.70. The zero-order valence-corrected chi connectivity index (χ0v) is 13.2. The molecule has 3 heteroatoms. The minimum atomic E-state index is 0.230. The smallest absolute Gasteiger partial charge is 0.120 e. The highest BCUT2D eigenvalue weighted by Crippen LogP contribution is 2.18. The molecule has 0 spiro atoms. The first kappa shape index (κ1) is 15.3. The van der Waals surface area contributed by atoms with Crippen LogP contribution < -0.4 is 10.1 Å². The average Bonchev–Trinajstić information content (AvgIpc) is 2.40. The van der Waals surface area contributed by atoms with Gasteiger partial charge >= 0.3 is 0 Å². The predicted molar refractivity (Wildman–Crippen MR) is 84.2 cm³/mol. The first-order valence-corrected chi connectivity index (χ1v) is 7.74. The molecule has 1 aromatic rings. The Morgan fingerprint density at radius 3 is 2.90 bits per heavy atom. The topological polar surface area (TPSA) is 24.5 Å². The molecule has 0 bridgehead atoms. The number of hydrogen-bond donors (Lipinski definition) is 1. The van der Waals surface area contributed by atoms with Gasteiger partial charge in [-0.05, 0) is 64.9 Å². The minimum Gasteiger partial charge on any atom is -0.491 e. The third-order valence-electron chi connectivity index (χ3n) is 4.07. The zero-order valence-electron chi connectivity index (χ0n) is 13.2. The molecule has 1 fully saturated rings. The molecule has 1 aliphatic heterocycles. The summed E-state index contributed by atoms with van der Waals surface area (Å²) < 4.78 is 5.74. The van der Waals surface area contributed by atoms with Gasteiger partial charge in [0.1, 0.15) is 5.75 Å². The van der Waals surface area contributed by atoms with Crippen LogP contribution in [0, 0.1) is 0 Å². The molecular formula is C17H28N2O. The fourth-order valence-corrected chi connectivity index (χ4v) is 2.74. The predicted octanol–water partition coefficient (Wildman–Crippen LogP) is 3.05. The SMILES string of the molecule is CC(C)Oc1cccc(CNC2CCN(C)C(C)C2)c1. The Balaban J connectivity index is 1.84. The number of piperidine rings is 1. The number of rotatable bonds is 5. The van der Waals surface area contributed by atoms with E-state index in [1.165, 1.54) is 24.9 Å².